The fraction of sp³-hybridized carbons (Fsp3) is 0.620. The molecule has 5 rings (SSSR count). The fourth-order valence-electron chi connectivity index (χ4n) is 10.1. The Morgan fingerprint density at radius 2 is 1.22 bits per heavy atom. The van der Waals surface area contributed by atoms with Crippen LogP contribution < -0.4 is 10.4 Å². The van der Waals surface area contributed by atoms with Crippen LogP contribution in [0.25, 0.3) is 5.69 Å². The second-order valence-electron chi connectivity index (χ2n) is 22.0. The van der Waals surface area contributed by atoms with Gasteiger partial charge in [-0.3, -0.25) is 0 Å². The number of nitrogens with zero attached hydrogens (tertiary/aromatic N) is 4. The Hall–Kier alpha value is -2.83. The summed E-state index contributed by atoms with van der Waals surface area (Å²) >= 11 is 0. The van der Waals surface area contributed by atoms with Crippen LogP contribution in [0.3, 0.4) is 0 Å². The number of tetrazole rings is 1. The molecule has 0 saturated carbocycles. The average molecular weight is 950 g/mol. The number of ether oxygens (including phenoxy) is 1. The Balaban J connectivity index is 1.49. The second kappa shape index (κ2) is 20.6. The van der Waals surface area contributed by atoms with E-state index in [2.05, 4.69) is 179 Å². The molecule has 0 N–H and O–H groups in total. The monoisotopic (exact) mass is 949 g/mol. The van der Waals surface area contributed by atoms with Crippen molar-refractivity contribution in [2.75, 3.05) is 0 Å². The maximum Gasteiger partial charge on any atom is 0.272 e. The Bertz CT molecular complexity index is 2120. The van der Waals surface area contributed by atoms with Crippen molar-refractivity contribution in [3.63, 3.8) is 0 Å². The van der Waals surface area contributed by atoms with Crippen molar-refractivity contribution in [1.82, 2.24) is 20.2 Å². The highest BCUT2D eigenvalue weighted by Crippen LogP contribution is 2.46. The van der Waals surface area contributed by atoms with Crippen LogP contribution in [0.4, 0.5) is 0 Å². The molecule has 1 aromatic heterocycles. The molecule has 0 bridgehead atoms. The van der Waals surface area contributed by atoms with Crippen LogP contribution in [-0.4, -0.2) is 83.4 Å². The first-order chi connectivity index (χ1) is 29.8. The van der Waals surface area contributed by atoms with Crippen molar-refractivity contribution in [2.45, 2.75) is 197 Å². The molecule has 1 saturated heterocycles. The highest BCUT2D eigenvalue weighted by Gasteiger charge is 2.55. The molecule has 4 aromatic rings. The summed E-state index contributed by atoms with van der Waals surface area (Å²) in [6.45, 7) is 36.1. The lowest BCUT2D eigenvalue weighted by atomic mass is 9.94. The van der Waals surface area contributed by atoms with Gasteiger partial charge in [0.25, 0.3) is 13.5 Å². The van der Waals surface area contributed by atoms with Crippen LogP contribution in [-0.2, 0) is 27.9 Å². The molecule has 6 atom stereocenters. The third-order valence-corrected chi connectivity index (χ3v) is 32.0. The third kappa shape index (κ3) is 11.1. The zero-order chi connectivity index (χ0) is 47.5. The minimum absolute atomic E-state index is 0.00801. The van der Waals surface area contributed by atoms with Gasteiger partial charge in [0.2, 0.25) is 18.2 Å². The molecule has 0 radical (unpaired) electrons. The Kier molecular flexibility index (Phi) is 16.8. The van der Waals surface area contributed by atoms with Gasteiger partial charge in [0.05, 0.1) is 23.1 Å². The number of benzene rings is 3. The van der Waals surface area contributed by atoms with Crippen LogP contribution >= 0.6 is 0 Å². The molecule has 6 unspecified atom stereocenters. The normalized spacial score (nSPS) is 19.7. The van der Waals surface area contributed by atoms with Gasteiger partial charge < -0.3 is 18.0 Å². The summed E-state index contributed by atoms with van der Waals surface area (Å²) < 4.78 is 60.0. The third-order valence-electron chi connectivity index (χ3n) is 14.3. The van der Waals surface area contributed by atoms with E-state index in [-0.39, 0.29) is 39.5 Å². The van der Waals surface area contributed by atoms with E-state index in [0.29, 0.717) is 41.6 Å². The van der Waals surface area contributed by atoms with E-state index in [1.807, 2.05) is 18.2 Å². The molecule has 3 aromatic carbocycles. The summed E-state index contributed by atoms with van der Waals surface area (Å²) in [4.78, 5) is 0. The van der Waals surface area contributed by atoms with Gasteiger partial charge in [-0.1, -0.05) is 174 Å². The van der Waals surface area contributed by atoms with Crippen LogP contribution in [0.2, 0.25) is 39.8 Å². The summed E-state index contributed by atoms with van der Waals surface area (Å²) in [5.41, 5.74) is 1.57. The van der Waals surface area contributed by atoms with Crippen molar-refractivity contribution in [3.8, 4) is 5.69 Å². The molecule has 0 aliphatic carbocycles. The molecule has 14 heteroatoms. The van der Waals surface area contributed by atoms with E-state index < -0.39 is 46.3 Å². The lowest BCUT2D eigenvalue weighted by molar-refractivity contribution is -0.115. The zero-order valence-electron chi connectivity index (χ0n) is 41.8. The van der Waals surface area contributed by atoms with Gasteiger partial charge in [-0.25, -0.2) is 8.42 Å². The number of hydrogen-bond donors (Lipinski definition) is 0. The van der Waals surface area contributed by atoms with Crippen molar-refractivity contribution >= 4 is 45.2 Å². The molecule has 1 aliphatic heterocycles. The quantitative estimate of drug-likeness (QED) is 0.0799. The lowest BCUT2D eigenvalue weighted by Gasteiger charge is -2.46. The van der Waals surface area contributed by atoms with Crippen molar-refractivity contribution < 1.29 is 26.4 Å². The topological polar surface area (TPSA) is 115 Å². The lowest BCUT2D eigenvalue weighted by Crippen LogP contribution is -2.68. The van der Waals surface area contributed by atoms with Crippen molar-refractivity contribution in [3.05, 3.63) is 91.0 Å². The van der Waals surface area contributed by atoms with Crippen molar-refractivity contribution in [2.24, 2.45) is 5.92 Å². The van der Waals surface area contributed by atoms with E-state index >= 15 is 0 Å². The maximum atomic E-state index is 14.5. The van der Waals surface area contributed by atoms with Gasteiger partial charge in [-0.15, -0.1) is 0 Å². The minimum Gasteiger partial charge on any atom is -0.413 e. The number of para-hydroxylation sites is 1. The van der Waals surface area contributed by atoms with Gasteiger partial charge in [0.15, 0.2) is 14.6 Å². The average Bonchev–Trinajstić information content (AvgIpc) is 3.86. The summed E-state index contributed by atoms with van der Waals surface area (Å²) in [7, 11) is -11.6. The smallest absolute Gasteiger partial charge is 0.272 e. The summed E-state index contributed by atoms with van der Waals surface area (Å²) in [5, 5.41) is 13.2. The molecule has 1 aliphatic rings. The van der Waals surface area contributed by atoms with Gasteiger partial charge in [0, 0.05) is 12.5 Å². The molecule has 10 nitrogen and oxygen atoms in total. The second-order valence-corrected chi connectivity index (χ2v) is 38.7. The Labute approximate surface area is 389 Å². The standard InChI is InChI=1S/C50H80N4O6SSi3/c1-36(2)63(37(3)4,38(5)6)58-43(34-40(8)61(55,56)48-51-52-53-54(48)41-26-20-17-21-27-41)33-39(7)32-42-35-46(59-62(15,16)49(9,10)11)47(57-42)60-64(50(12,13)14,44-28-22-18-23-29-44)45-30-24-19-25-31-45/h17-31,36-40,42-43,46-47H,32-35H2,1-16H3. The van der Waals surface area contributed by atoms with Gasteiger partial charge >= 0.3 is 0 Å². The fourth-order valence-corrected chi connectivity index (χ4v) is 23.0. The molecular formula is C50H80N4O6SSi3. The SMILES string of the molecule is CC(CC1CC(O[Si](C)(C)C(C)(C)C)C(O[Si](c2ccccc2)(c2ccccc2)C(C)(C)C)O1)CC(CC(C)S(=O)(=O)c1nnnn1-c1ccccc1)O[Si](C(C)C)(C(C)C)C(C)C. The van der Waals surface area contributed by atoms with E-state index in [0.717, 1.165) is 6.42 Å². The molecule has 0 amide bonds. The maximum absolute atomic E-state index is 14.5. The predicted octanol–water partition coefficient (Wildman–Crippen LogP) is 11.3. The number of sulfone groups is 1. The van der Waals surface area contributed by atoms with Crippen LogP contribution in [0.5, 0.6) is 0 Å². The van der Waals surface area contributed by atoms with Crippen LogP contribution in [0.1, 0.15) is 123 Å². The first kappa shape index (κ1) is 52.1. The first-order valence-electron chi connectivity index (χ1n) is 23.7. The first-order valence-corrected chi connectivity index (χ1v) is 32.2. The van der Waals surface area contributed by atoms with Crippen LogP contribution in [0, 0.1) is 5.92 Å². The molecule has 354 valence electrons. The van der Waals surface area contributed by atoms with Crippen LogP contribution in [0.15, 0.2) is 96.2 Å². The van der Waals surface area contributed by atoms with Gasteiger partial charge in [-0.2, -0.15) is 4.68 Å². The molecule has 1 fully saturated rings. The van der Waals surface area contributed by atoms with Gasteiger partial charge in [-0.05, 0) is 105 Å². The number of hydrogen-bond acceptors (Lipinski definition) is 9. The number of rotatable bonds is 20. The van der Waals surface area contributed by atoms with Gasteiger partial charge in [0.1, 0.15) is 0 Å². The highest BCUT2D eigenvalue weighted by atomic mass is 32.2. The summed E-state index contributed by atoms with van der Waals surface area (Å²) in [5.74, 6) is 0.137. The van der Waals surface area contributed by atoms with E-state index in [9.17, 15) is 8.42 Å². The number of aromatic nitrogens is 4. The Morgan fingerprint density at radius 1 is 0.719 bits per heavy atom. The van der Waals surface area contributed by atoms with E-state index in [4.69, 9.17) is 18.0 Å². The molecular weight excluding hydrogens is 869 g/mol. The van der Waals surface area contributed by atoms with E-state index in [1.165, 1.54) is 15.1 Å². The van der Waals surface area contributed by atoms with E-state index in [1.54, 1.807) is 19.1 Å². The molecule has 64 heavy (non-hydrogen) atoms. The molecule has 0 spiro atoms. The molecule has 2 heterocycles. The minimum atomic E-state index is -3.95. The Morgan fingerprint density at radius 3 is 1.69 bits per heavy atom. The predicted molar refractivity (Wildman–Crippen MR) is 269 cm³/mol. The van der Waals surface area contributed by atoms with Crippen molar-refractivity contribution in [1.29, 1.82) is 0 Å². The highest BCUT2D eigenvalue weighted by molar-refractivity contribution is 7.91. The summed E-state index contributed by atoms with van der Waals surface area (Å²) in [6.07, 6.45) is 1.18. The summed E-state index contributed by atoms with van der Waals surface area (Å²) in [6, 6.07) is 30.7. The zero-order valence-corrected chi connectivity index (χ0v) is 45.6. The largest absolute Gasteiger partial charge is 0.413 e.